The van der Waals surface area contributed by atoms with E-state index >= 15 is 0 Å². The molecule has 0 spiro atoms. The zero-order chi connectivity index (χ0) is 20.3. The molecule has 0 saturated heterocycles. The molecule has 0 unspecified atom stereocenters. The molecule has 0 radical (unpaired) electrons. The Balaban J connectivity index is 1.82. The van der Waals surface area contributed by atoms with Gasteiger partial charge in [-0.1, -0.05) is 35.9 Å². The van der Waals surface area contributed by atoms with Crippen LogP contribution in [0, 0.1) is 12.7 Å². The molecule has 3 aromatic carbocycles. The van der Waals surface area contributed by atoms with Gasteiger partial charge in [-0.25, -0.2) is 12.8 Å². The van der Waals surface area contributed by atoms with Gasteiger partial charge < -0.3 is 5.32 Å². The third kappa shape index (κ3) is 4.49. The first kappa shape index (κ1) is 19.9. The van der Waals surface area contributed by atoms with Crippen molar-refractivity contribution in [1.29, 1.82) is 0 Å². The summed E-state index contributed by atoms with van der Waals surface area (Å²) in [4.78, 5) is 12.2. The number of hydrogen-bond donors (Lipinski definition) is 2. The van der Waals surface area contributed by atoms with E-state index < -0.39 is 21.7 Å². The van der Waals surface area contributed by atoms with Gasteiger partial charge >= 0.3 is 0 Å². The zero-order valence-corrected chi connectivity index (χ0v) is 16.3. The van der Waals surface area contributed by atoms with Crippen LogP contribution in [0.25, 0.3) is 0 Å². The third-order valence-corrected chi connectivity index (χ3v) is 5.66. The van der Waals surface area contributed by atoms with Crippen molar-refractivity contribution in [3.63, 3.8) is 0 Å². The second-order valence-electron chi connectivity index (χ2n) is 6.03. The number of anilines is 2. The SMILES string of the molecule is Cc1ccc(S(=O)(=O)Nc2cccc(C(=O)Nc3ccccc3Cl)c2)cc1F. The number of carbonyl (C=O) groups excluding carboxylic acids is 1. The minimum atomic E-state index is -4.00. The number of para-hydroxylation sites is 1. The second-order valence-corrected chi connectivity index (χ2v) is 8.12. The van der Waals surface area contributed by atoms with Crippen LogP contribution in [0.15, 0.2) is 71.6 Å². The van der Waals surface area contributed by atoms with Gasteiger partial charge in [0.05, 0.1) is 15.6 Å². The highest BCUT2D eigenvalue weighted by molar-refractivity contribution is 7.92. The Bertz CT molecular complexity index is 1150. The first-order valence-electron chi connectivity index (χ1n) is 8.21. The van der Waals surface area contributed by atoms with Crippen molar-refractivity contribution < 1.29 is 17.6 Å². The van der Waals surface area contributed by atoms with Crippen LogP contribution in [0.5, 0.6) is 0 Å². The number of amides is 1. The van der Waals surface area contributed by atoms with E-state index in [4.69, 9.17) is 11.6 Å². The molecule has 2 N–H and O–H groups in total. The number of nitrogens with one attached hydrogen (secondary N) is 2. The minimum Gasteiger partial charge on any atom is -0.321 e. The lowest BCUT2D eigenvalue weighted by molar-refractivity contribution is 0.102. The average molecular weight is 419 g/mol. The highest BCUT2D eigenvalue weighted by Gasteiger charge is 2.17. The quantitative estimate of drug-likeness (QED) is 0.622. The lowest BCUT2D eigenvalue weighted by Gasteiger charge is -2.11. The highest BCUT2D eigenvalue weighted by Crippen LogP contribution is 2.23. The summed E-state index contributed by atoms with van der Waals surface area (Å²) in [6, 6.07) is 16.4. The first-order chi connectivity index (χ1) is 13.3. The largest absolute Gasteiger partial charge is 0.321 e. The van der Waals surface area contributed by atoms with E-state index in [-0.39, 0.29) is 16.1 Å². The normalized spacial score (nSPS) is 11.1. The number of rotatable bonds is 5. The molecule has 0 aliphatic heterocycles. The summed E-state index contributed by atoms with van der Waals surface area (Å²) in [5.74, 6) is -1.06. The Morgan fingerprint density at radius 2 is 1.75 bits per heavy atom. The van der Waals surface area contributed by atoms with Gasteiger partial charge in [0, 0.05) is 11.3 Å². The van der Waals surface area contributed by atoms with Crippen LogP contribution in [0.3, 0.4) is 0 Å². The van der Waals surface area contributed by atoms with Gasteiger partial charge in [-0.05, 0) is 55.0 Å². The minimum absolute atomic E-state index is 0.174. The van der Waals surface area contributed by atoms with E-state index in [1.807, 2.05) is 0 Å². The number of benzene rings is 3. The predicted molar refractivity (Wildman–Crippen MR) is 108 cm³/mol. The Morgan fingerprint density at radius 1 is 1.00 bits per heavy atom. The van der Waals surface area contributed by atoms with Crippen molar-refractivity contribution in [1.82, 2.24) is 0 Å². The Labute approximate surface area is 167 Å². The van der Waals surface area contributed by atoms with E-state index in [9.17, 15) is 17.6 Å². The smallest absolute Gasteiger partial charge is 0.261 e. The number of halogens is 2. The molecule has 0 heterocycles. The zero-order valence-electron chi connectivity index (χ0n) is 14.7. The fourth-order valence-corrected chi connectivity index (χ4v) is 3.68. The van der Waals surface area contributed by atoms with Gasteiger partial charge in [0.1, 0.15) is 5.82 Å². The molecule has 0 aliphatic rings. The Hall–Kier alpha value is -2.90. The summed E-state index contributed by atoms with van der Waals surface area (Å²) in [5, 5.41) is 3.05. The fraction of sp³-hybridized carbons (Fsp3) is 0.0500. The van der Waals surface area contributed by atoms with Crippen LogP contribution in [0.1, 0.15) is 15.9 Å². The Kier molecular flexibility index (Phi) is 5.67. The van der Waals surface area contributed by atoms with Crippen LogP contribution in [-0.2, 0) is 10.0 Å². The second kappa shape index (κ2) is 8.00. The molecule has 0 saturated carbocycles. The van der Waals surface area contributed by atoms with E-state index in [0.717, 1.165) is 6.07 Å². The van der Waals surface area contributed by atoms with Gasteiger partial charge in [0.15, 0.2) is 0 Å². The van der Waals surface area contributed by atoms with E-state index in [2.05, 4.69) is 10.0 Å². The summed E-state index contributed by atoms with van der Waals surface area (Å²) in [7, 11) is -4.00. The monoisotopic (exact) mass is 418 g/mol. The molecule has 0 atom stereocenters. The van der Waals surface area contributed by atoms with E-state index in [1.54, 1.807) is 31.2 Å². The number of aryl methyl sites for hydroxylation is 1. The molecular weight excluding hydrogens is 403 g/mol. The van der Waals surface area contributed by atoms with Crippen molar-refractivity contribution in [3.8, 4) is 0 Å². The van der Waals surface area contributed by atoms with Crippen LogP contribution >= 0.6 is 11.6 Å². The number of hydrogen-bond acceptors (Lipinski definition) is 3. The van der Waals surface area contributed by atoms with Crippen molar-refractivity contribution in [3.05, 3.63) is 88.7 Å². The molecule has 0 aromatic heterocycles. The van der Waals surface area contributed by atoms with Crippen molar-refractivity contribution in [2.45, 2.75) is 11.8 Å². The molecule has 0 aliphatic carbocycles. The predicted octanol–water partition coefficient (Wildman–Crippen LogP) is 4.84. The Morgan fingerprint density at radius 3 is 2.46 bits per heavy atom. The summed E-state index contributed by atoms with van der Waals surface area (Å²) in [6.07, 6.45) is 0. The summed E-state index contributed by atoms with van der Waals surface area (Å²) >= 11 is 6.03. The van der Waals surface area contributed by atoms with Crippen LogP contribution in [0.2, 0.25) is 5.02 Å². The molecule has 8 heteroatoms. The summed E-state index contributed by atoms with van der Waals surface area (Å²) in [5.41, 5.74) is 1.19. The third-order valence-electron chi connectivity index (χ3n) is 3.95. The first-order valence-corrected chi connectivity index (χ1v) is 10.1. The summed E-state index contributed by atoms with van der Waals surface area (Å²) in [6.45, 7) is 1.54. The lowest BCUT2D eigenvalue weighted by atomic mass is 10.2. The molecule has 144 valence electrons. The van der Waals surface area contributed by atoms with Gasteiger partial charge in [-0.15, -0.1) is 0 Å². The molecule has 0 bridgehead atoms. The maximum Gasteiger partial charge on any atom is 0.261 e. The van der Waals surface area contributed by atoms with Gasteiger partial charge in [0.2, 0.25) is 0 Å². The molecule has 3 aromatic rings. The molecule has 0 fully saturated rings. The summed E-state index contributed by atoms with van der Waals surface area (Å²) < 4.78 is 41.0. The number of sulfonamides is 1. The molecule has 3 rings (SSSR count). The van der Waals surface area contributed by atoms with Crippen LogP contribution < -0.4 is 10.0 Å². The van der Waals surface area contributed by atoms with Crippen molar-refractivity contribution >= 4 is 38.9 Å². The van der Waals surface area contributed by atoms with Gasteiger partial charge in [0.25, 0.3) is 15.9 Å². The van der Waals surface area contributed by atoms with E-state index in [0.29, 0.717) is 16.3 Å². The van der Waals surface area contributed by atoms with Gasteiger partial charge in [-0.3, -0.25) is 9.52 Å². The topological polar surface area (TPSA) is 75.3 Å². The van der Waals surface area contributed by atoms with Crippen LogP contribution in [0.4, 0.5) is 15.8 Å². The molecule has 1 amide bonds. The molecule has 5 nitrogen and oxygen atoms in total. The maximum absolute atomic E-state index is 13.7. The molecular formula is C20H16ClFN2O3S. The van der Waals surface area contributed by atoms with Gasteiger partial charge in [-0.2, -0.15) is 0 Å². The average Bonchev–Trinajstić information content (AvgIpc) is 2.65. The van der Waals surface area contributed by atoms with E-state index in [1.165, 1.54) is 36.4 Å². The number of carbonyl (C=O) groups is 1. The standard InChI is InChI=1S/C20H16ClFN2O3S/c1-13-9-10-16(12-18(13)22)28(26,27)24-15-6-4-5-14(11-15)20(25)23-19-8-3-2-7-17(19)21/h2-12,24H,1H3,(H,23,25). The molecule has 28 heavy (non-hydrogen) atoms. The maximum atomic E-state index is 13.7. The lowest BCUT2D eigenvalue weighted by Crippen LogP contribution is -2.15. The van der Waals surface area contributed by atoms with Crippen LogP contribution in [-0.4, -0.2) is 14.3 Å². The van der Waals surface area contributed by atoms with Crippen molar-refractivity contribution in [2.24, 2.45) is 0 Å². The van der Waals surface area contributed by atoms with Crippen molar-refractivity contribution in [2.75, 3.05) is 10.0 Å². The highest BCUT2D eigenvalue weighted by atomic mass is 35.5. The fourth-order valence-electron chi connectivity index (χ4n) is 2.44.